The van der Waals surface area contributed by atoms with Gasteiger partial charge in [-0.15, -0.1) is 5.10 Å². The van der Waals surface area contributed by atoms with E-state index in [1.807, 2.05) is 0 Å². The molecule has 0 saturated carbocycles. The lowest BCUT2D eigenvalue weighted by molar-refractivity contribution is -0.389. The van der Waals surface area contributed by atoms with E-state index < -0.39 is 10.8 Å². The number of amides is 1. The Morgan fingerprint density at radius 3 is 2.88 bits per heavy atom. The summed E-state index contributed by atoms with van der Waals surface area (Å²) in [6.07, 6.45) is 1.52. The van der Waals surface area contributed by atoms with Crippen molar-refractivity contribution in [2.24, 2.45) is 0 Å². The standard InChI is InChI=1S/C9H7N5O3/c15-9(11-7-3-1-2-4-10-7)6-5-8(13-12-6)14(16)17/h1-5H,(H,12,13)(H,10,11,15). The Morgan fingerprint density at radius 1 is 1.47 bits per heavy atom. The average Bonchev–Trinajstić information content (AvgIpc) is 2.79. The van der Waals surface area contributed by atoms with Crippen LogP contribution in [0.4, 0.5) is 11.6 Å². The van der Waals surface area contributed by atoms with Gasteiger partial charge in [0, 0.05) is 6.20 Å². The van der Waals surface area contributed by atoms with Crippen LogP contribution in [-0.2, 0) is 0 Å². The van der Waals surface area contributed by atoms with Crippen molar-refractivity contribution < 1.29 is 9.72 Å². The second-order valence-corrected chi connectivity index (χ2v) is 3.06. The number of anilines is 1. The topological polar surface area (TPSA) is 114 Å². The summed E-state index contributed by atoms with van der Waals surface area (Å²) in [5.74, 6) is -0.549. The zero-order valence-electron chi connectivity index (χ0n) is 8.45. The van der Waals surface area contributed by atoms with Crippen molar-refractivity contribution in [2.75, 3.05) is 5.32 Å². The number of nitrogens with zero attached hydrogens (tertiary/aromatic N) is 3. The minimum atomic E-state index is -0.662. The average molecular weight is 233 g/mol. The number of hydrogen-bond donors (Lipinski definition) is 2. The molecular formula is C9H7N5O3. The van der Waals surface area contributed by atoms with E-state index in [1.165, 1.54) is 6.20 Å². The van der Waals surface area contributed by atoms with Gasteiger partial charge in [0.1, 0.15) is 5.82 Å². The Balaban J connectivity index is 2.12. The first-order valence-electron chi connectivity index (χ1n) is 4.59. The summed E-state index contributed by atoms with van der Waals surface area (Å²) < 4.78 is 0. The number of carbonyl (C=O) groups is 1. The van der Waals surface area contributed by atoms with Crippen LogP contribution in [0.15, 0.2) is 30.5 Å². The lowest BCUT2D eigenvalue weighted by Gasteiger charge is -1.99. The van der Waals surface area contributed by atoms with Gasteiger partial charge in [0.15, 0.2) is 5.69 Å². The minimum absolute atomic E-state index is 0.0673. The van der Waals surface area contributed by atoms with Gasteiger partial charge >= 0.3 is 5.82 Å². The smallest absolute Gasteiger partial charge is 0.343 e. The largest absolute Gasteiger partial charge is 0.358 e. The van der Waals surface area contributed by atoms with E-state index in [0.717, 1.165) is 6.07 Å². The van der Waals surface area contributed by atoms with Crippen LogP contribution in [0.25, 0.3) is 0 Å². The molecular weight excluding hydrogens is 226 g/mol. The first kappa shape index (κ1) is 10.7. The van der Waals surface area contributed by atoms with Crippen LogP contribution < -0.4 is 5.32 Å². The van der Waals surface area contributed by atoms with Crippen molar-refractivity contribution in [3.05, 3.63) is 46.3 Å². The van der Waals surface area contributed by atoms with Gasteiger partial charge in [-0.3, -0.25) is 4.79 Å². The van der Waals surface area contributed by atoms with Crippen molar-refractivity contribution in [3.63, 3.8) is 0 Å². The van der Waals surface area contributed by atoms with Crippen molar-refractivity contribution in [1.29, 1.82) is 0 Å². The quantitative estimate of drug-likeness (QED) is 0.605. The number of carbonyl (C=O) groups excluding carboxylic acids is 1. The molecule has 2 N–H and O–H groups in total. The highest BCUT2D eigenvalue weighted by Crippen LogP contribution is 2.09. The summed E-state index contributed by atoms with van der Waals surface area (Å²) in [4.78, 5) is 25.2. The molecule has 0 unspecified atom stereocenters. The Kier molecular flexibility index (Phi) is 2.77. The normalized spacial score (nSPS) is 9.88. The maximum atomic E-state index is 11.6. The molecule has 0 spiro atoms. The van der Waals surface area contributed by atoms with Crippen molar-refractivity contribution in [3.8, 4) is 0 Å². The minimum Gasteiger partial charge on any atom is -0.358 e. The SMILES string of the molecule is O=C(Nc1ccccn1)c1cc([N+](=O)[O-])[nH]n1. The van der Waals surface area contributed by atoms with Gasteiger partial charge in [0.05, 0.1) is 6.07 Å². The van der Waals surface area contributed by atoms with Crippen LogP contribution in [0, 0.1) is 10.1 Å². The molecule has 1 amide bonds. The van der Waals surface area contributed by atoms with Crippen molar-refractivity contribution in [2.45, 2.75) is 0 Å². The summed E-state index contributed by atoms with van der Waals surface area (Å²) >= 11 is 0. The van der Waals surface area contributed by atoms with E-state index in [0.29, 0.717) is 5.82 Å². The third-order valence-electron chi connectivity index (χ3n) is 1.90. The highest BCUT2D eigenvalue weighted by atomic mass is 16.6. The molecule has 2 aromatic rings. The molecule has 0 aromatic carbocycles. The second kappa shape index (κ2) is 4.39. The van der Waals surface area contributed by atoms with Crippen LogP contribution in [0.3, 0.4) is 0 Å². The number of pyridine rings is 1. The Labute approximate surface area is 94.8 Å². The molecule has 0 atom stereocenters. The fraction of sp³-hybridized carbons (Fsp3) is 0. The van der Waals surface area contributed by atoms with Crippen LogP contribution >= 0.6 is 0 Å². The third-order valence-corrected chi connectivity index (χ3v) is 1.90. The van der Waals surface area contributed by atoms with E-state index >= 15 is 0 Å². The molecule has 2 rings (SSSR count). The first-order valence-corrected chi connectivity index (χ1v) is 4.59. The van der Waals surface area contributed by atoms with Gasteiger partial charge in [-0.05, 0) is 17.1 Å². The zero-order valence-corrected chi connectivity index (χ0v) is 8.45. The van der Waals surface area contributed by atoms with E-state index in [1.54, 1.807) is 18.2 Å². The Hall–Kier alpha value is -2.77. The number of hydrogen-bond acceptors (Lipinski definition) is 5. The van der Waals surface area contributed by atoms with Gasteiger partial charge in [0.2, 0.25) is 0 Å². The first-order chi connectivity index (χ1) is 8.16. The Bertz CT molecular complexity index is 551. The number of aromatic amines is 1. The molecule has 8 nitrogen and oxygen atoms in total. The van der Waals surface area contributed by atoms with Crippen LogP contribution in [0.5, 0.6) is 0 Å². The Morgan fingerprint density at radius 2 is 2.29 bits per heavy atom. The summed E-state index contributed by atoms with van der Waals surface area (Å²) in [7, 11) is 0. The zero-order chi connectivity index (χ0) is 12.3. The van der Waals surface area contributed by atoms with Gasteiger partial charge in [-0.1, -0.05) is 11.2 Å². The molecule has 0 radical (unpaired) electrons. The summed E-state index contributed by atoms with van der Waals surface area (Å²) in [6, 6.07) is 6.06. The third kappa shape index (κ3) is 2.43. The highest BCUT2D eigenvalue weighted by molar-refractivity contribution is 6.02. The molecule has 0 aliphatic rings. The number of nitrogens with one attached hydrogen (secondary N) is 2. The predicted octanol–water partition coefficient (Wildman–Crippen LogP) is 0.965. The van der Waals surface area contributed by atoms with Crippen LogP contribution in [-0.4, -0.2) is 26.0 Å². The molecule has 0 aliphatic heterocycles. The maximum Gasteiger partial charge on any atom is 0.343 e. The molecule has 2 aromatic heterocycles. The van der Waals surface area contributed by atoms with E-state index in [2.05, 4.69) is 20.5 Å². The van der Waals surface area contributed by atoms with Gasteiger partial charge in [-0.25, -0.2) is 4.98 Å². The van der Waals surface area contributed by atoms with Gasteiger partial charge < -0.3 is 15.4 Å². The molecule has 0 fully saturated rings. The molecule has 2 heterocycles. The van der Waals surface area contributed by atoms with E-state index in [9.17, 15) is 14.9 Å². The lowest BCUT2D eigenvalue weighted by atomic mass is 10.4. The van der Waals surface area contributed by atoms with Crippen molar-refractivity contribution in [1.82, 2.24) is 15.2 Å². The van der Waals surface area contributed by atoms with E-state index in [-0.39, 0.29) is 11.5 Å². The number of nitro groups is 1. The molecule has 0 bridgehead atoms. The molecule has 0 saturated heterocycles. The summed E-state index contributed by atoms with van der Waals surface area (Å²) in [5.41, 5.74) is -0.0673. The van der Waals surface area contributed by atoms with Crippen LogP contribution in [0.2, 0.25) is 0 Å². The molecule has 8 heteroatoms. The monoisotopic (exact) mass is 233 g/mol. The predicted molar refractivity (Wildman–Crippen MR) is 57.4 cm³/mol. The summed E-state index contributed by atoms with van der Waals surface area (Å²) in [6.45, 7) is 0. The molecule has 17 heavy (non-hydrogen) atoms. The lowest BCUT2D eigenvalue weighted by Crippen LogP contribution is -2.13. The fourth-order valence-electron chi connectivity index (χ4n) is 1.14. The number of aromatic nitrogens is 3. The number of H-pyrrole nitrogens is 1. The number of rotatable bonds is 3. The van der Waals surface area contributed by atoms with Crippen molar-refractivity contribution >= 4 is 17.5 Å². The van der Waals surface area contributed by atoms with Crippen LogP contribution in [0.1, 0.15) is 10.5 Å². The summed E-state index contributed by atoms with van der Waals surface area (Å²) in [5, 5.41) is 18.5. The van der Waals surface area contributed by atoms with Gasteiger partial charge in [-0.2, -0.15) is 0 Å². The van der Waals surface area contributed by atoms with E-state index in [4.69, 9.17) is 0 Å². The molecule has 86 valence electrons. The fourth-order valence-corrected chi connectivity index (χ4v) is 1.14. The molecule has 0 aliphatic carbocycles. The maximum absolute atomic E-state index is 11.6. The van der Waals surface area contributed by atoms with Gasteiger partial charge in [0.25, 0.3) is 5.91 Å². The highest BCUT2D eigenvalue weighted by Gasteiger charge is 2.16. The second-order valence-electron chi connectivity index (χ2n) is 3.06.